The molecule has 0 amide bonds. The molecule has 0 aromatic heterocycles. The first-order chi connectivity index (χ1) is 8.93. The summed E-state index contributed by atoms with van der Waals surface area (Å²) in [5, 5.41) is 3.50. The van der Waals surface area contributed by atoms with E-state index in [4.69, 9.17) is 11.6 Å². The van der Waals surface area contributed by atoms with E-state index in [2.05, 4.69) is 57.3 Å². The van der Waals surface area contributed by atoms with Crippen LogP contribution < -0.4 is 5.32 Å². The molecule has 2 heteroatoms. The van der Waals surface area contributed by atoms with Crippen molar-refractivity contribution in [3.05, 3.63) is 35.4 Å². The van der Waals surface area contributed by atoms with Crippen molar-refractivity contribution < 1.29 is 0 Å². The third-order valence-electron chi connectivity index (χ3n) is 3.46. The normalized spacial score (nSPS) is 13.5. The average molecular weight is 282 g/mol. The third kappa shape index (κ3) is 6.44. The topological polar surface area (TPSA) is 12.0 Å². The van der Waals surface area contributed by atoms with Crippen LogP contribution in [0.25, 0.3) is 0 Å². The van der Waals surface area contributed by atoms with Gasteiger partial charge in [-0.1, -0.05) is 52.0 Å². The summed E-state index contributed by atoms with van der Waals surface area (Å²) in [4.78, 5) is 0. The third-order valence-corrected chi connectivity index (χ3v) is 3.99. The van der Waals surface area contributed by atoms with E-state index >= 15 is 0 Å². The van der Waals surface area contributed by atoms with E-state index in [1.165, 1.54) is 24.0 Å². The molecule has 1 aromatic carbocycles. The van der Waals surface area contributed by atoms with Gasteiger partial charge in [-0.2, -0.15) is 0 Å². The van der Waals surface area contributed by atoms with Crippen LogP contribution in [-0.2, 0) is 12.0 Å². The molecule has 1 N–H and O–H groups in total. The number of hydrogen-bond acceptors (Lipinski definition) is 1. The van der Waals surface area contributed by atoms with Crippen LogP contribution in [0.4, 0.5) is 0 Å². The summed E-state index contributed by atoms with van der Waals surface area (Å²) >= 11 is 5.79. The first-order valence-corrected chi connectivity index (χ1v) is 7.83. The van der Waals surface area contributed by atoms with Gasteiger partial charge in [0.05, 0.1) is 0 Å². The molecule has 1 aromatic rings. The largest absolute Gasteiger partial charge is 0.313 e. The van der Waals surface area contributed by atoms with Gasteiger partial charge >= 0.3 is 0 Å². The molecule has 0 saturated carbocycles. The Balaban J connectivity index is 2.27. The molecule has 0 spiro atoms. The van der Waals surface area contributed by atoms with Crippen LogP contribution in [0.2, 0.25) is 0 Å². The maximum atomic E-state index is 5.79. The molecule has 1 rings (SSSR count). The van der Waals surface area contributed by atoms with Crippen molar-refractivity contribution in [3.8, 4) is 0 Å². The van der Waals surface area contributed by atoms with Crippen LogP contribution in [0.5, 0.6) is 0 Å². The fraction of sp³-hybridized carbons (Fsp3) is 0.647. The van der Waals surface area contributed by atoms with Crippen LogP contribution in [0.3, 0.4) is 0 Å². The highest BCUT2D eigenvalue weighted by atomic mass is 35.5. The Labute approximate surface area is 123 Å². The molecule has 0 aliphatic heterocycles. The number of alkyl halides is 1. The summed E-state index contributed by atoms with van der Waals surface area (Å²) in [6.07, 6.45) is 2.41. The molecule has 0 bridgehead atoms. The Morgan fingerprint density at radius 1 is 1.16 bits per heavy atom. The van der Waals surface area contributed by atoms with E-state index in [1.54, 1.807) is 0 Å². The molecule has 0 heterocycles. The Bertz CT molecular complexity index is 351. The summed E-state index contributed by atoms with van der Waals surface area (Å²) < 4.78 is 0. The lowest BCUT2D eigenvalue weighted by atomic mass is 9.87. The van der Waals surface area contributed by atoms with Gasteiger partial charge in [0.25, 0.3) is 0 Å². The fourth-order valence-corrected chi connectivity index (χ4v) is 2.16. The maximum Gasteiger partial charge on any atom is 0.0249 e. The molecule has 1 nitrogen and oxygen atoms in total. The minimum atomic E-state index is 0.240. The molecule has 0 aliphatic carbocycles. The van der Waals surface area contributed by atoms with Gasteiger partial charge in [0.1, 0.15) is 0 Å². The lowest BCUT2D eigenvalue weighted by molar-refractivity contribution is 0.531. The van der Waals surface area contributed by atoms with Crippen molar-refractivity contribution in [1.29, 1.82) is 0 Å². The lowest BCUT2D eigenvalue weighted by Gasteiger charge is -2.19. The van der Waals surface area contributed by atoms with Crippen molar-refractivity contribution >= 4 is 11.6 Å². The first kappa shape index (κ1) is 16.5. The van der Waals surface area contributed by atoms with Gasteiger partial charge in [0.2, 0.25) is 0 Å². The second-order valence-electron chi connectivity index (χ2n) is 6.53. The average Bonchev–Trinajstić information content (AvgIpc) is 2.37. The maximum absolute atomic E-state index is 5.79. The lowest BCUT2D eigenvalue weighted by Crippen LogP contribution is -2.16. The summed E-state index contributed by atoms with van der Waals surface area (Å²) in [6, 6.07) is 8.95. The molecule has 0 radical (unpaired) electrons. The molecular formula is C17H28ClN. The van der Waals surface area contributed by atoms with Crippen molar-refractivity contribution in [3.63, 3.8) is 0 Å². The highest BCUT2D eigenvalue weighted by Gasteiger charge is 2.12. The van der Waals surface area contributed by atoms with E-state index in [1.807, 2.05) is 0 Å². The number of benzene rings is 1. The smallest absolute Gasteiger partial charge is 0.0249 e. The molecule has 1 atom stereocenters. The van der Waals surface area contributed by atoms with Crippen LogP contribution in [0, 0.1) is 5.92 Å². The van der Waals surface area contributed by atoms with E-state index in [9.17, 15) is 0 Å². The standard InChI is InChI=1S/C17H28ClN/c1-14(12-18)6-5-11-19-13-15-7-9-16(10-8-15)17(2,3)4/h7-10,14,19H,5-6,11-13H2,1-4H3. The molecule has 108 valence electrons. The van der Waals surface area contributed by atoms with Crippen molar-refractivity contribution in [2.75, 3.05) is 12.4 Å². The Kier molecular flexibility index (Phi) is 6.88. The SMILES string of the molecule is CC(CCl)CCCNCc1ccc(C(C)(C)C)cc1. The predicted molar refractivity (Wildman–Crippen MR) is 86.0 cm³/mol. The van der Waals surface area contributed by atoms with Crippen molar-refractivity contribution in [2.45, 2.75) is 52.5 Å². The van der Waals surface area contributed by atoms with Gasteiger partial charge in [-0.3, -0.25) is 0 Å². The predicted octanol–water partition coefficient (Wildman–Crippen LogP) is 4.73. The zero-order valence-electron chi connectivity index (χ0n) is 12.8. The molecule has 19 heavy (non-hydrogen) atoms. The van der Waals surface area contributed by atoms with Crippen LogP contribution in [-0.4, -0.2) is 12.4 Å². The summed E-state index contributed by atoms with van der Waals surface area (Å²) in [5.74, 6) is 1.41. The van der Waals surface area contributed by atoms with Crippen molar-refractivity contribution in [2.24, 2.45) is 5.92 Å². The van der Waals surface area contributed by atoms with E-state index < -0.39 is 0 Å². The minimum absolute atomic E-state index is 0.240. The number of hydrogen-bond donors (Lipinski definition) is 1. The Hall–Kier alpha value is -0.530. The second-order valence-corrected chi connectivity index (χ2v) is 6.83. The van der Waals surface area contributed by atoms with Crippen LogP contribution in [0.15, 0.2) is 24.3 Å². The molecule has 1 unspecified atom stereocenters. The molecule has 0 aliphatic rings. The molecule has 0 saturated heterocycles. The van der Waals surface area contributed by atoms with Crippen LogP contribution in [0.1, 0.15) is 51.7 Å². The zero-order chi connectivity index (χ0) is 14.3. The van der Waals surface area contributed by atoms with Gasteiger partial charge in [0.15, 0.2) is 0 Å². The zero-order valence-corrected chi connectivity index (χ0v) is 13.6. The van der Waals surface area contributed by atoms with Gasteiger partial charge in [-0.05, 0) is 41.8 Å². The van der Waals surface area contributed by atoms with Gasteiger partial charge in [-0.25, -0.2) is 0 Å². The second kappa shape index (κ2) is 7.91. The monoisotopic (exact) mass is 281 g/mol. The minimum Gasteiger partial charge on any atom is -0.313 e. The molecular weight excluding hydrogens is 254 g/mol. The quantitative estimate of drug-likeness (QED) is 0.563. The first-order valence-electron chi connectivity index (χ1n) is 7.29. The summed E-state index contributed by atoms with van der Waals surface area (Å²) in [7, 11) is 0. The van der Waals surface area contributed by atoms with Gasteiger partial charge in [-0.15, -0.1) is 11.6 Å². The number of nitrogens with one attached hydrogen (secondary N) is 1. The van der Waals surface area contributed by atoms with E-state index in [-0.39, 0.29) is 5.41 Å². The summed E-state index contributed by atoms with van der Waals surface area (Å²) in [6.45, 7) is 11.0. The fourth-order valence-electron chi connectivity index (χ4n) is 2.01. The highest BCUT2D eigenvalue weighted by Crippen LogP contribution is 2.22. The van der Waals surface area contributed by atoms with Gasteiger partial charge < -0.3 is 5.32 Å². The number of rotatable bonds is 7. The number of halogens is 1. The highest BCUT2D eigenvalue weighted by molar-refractivity contribution is 6.18. The van der Waals surface area contributed by atoms with E-state index in [0.717, 1.165) is 19.0 Å². The Morgan fingerprint density at radius 2 is 1.79 bits per heavy atom. The molecule has 0 fully saturated rings. The summed E-state index contributed by atoms with van der Waals surface area (Å²) in [5.41, 5.74) is 2.99. The van der Waals surface area contributed by atoms with E-state index in [0.29, 0.717) is 5.92 Å². The van der Waals surface area contributed by atoms with Crippen molar-refractivity contribution in [1.82, 2.24) is 5.32 Å². The van der Waals surface area contributed by atoms with Gasteiger partial charge in [0, 0.05) is 12.4 Å². The van der Waals surface area contributed by atoms with Crippen LogP contribution >= 0.6 is 11.6 Å². The Morgan fingerprint density at radius 3 is 2.32 bits per heavy atom.